The average Bonchev–Trinajstić information content (AvgIpc) is 3.48. The molecule has 75 heavy (non-hydrogen) atoms. The number of benzene rings is 9. The summed E-state index contributed by atoms with van der Waals surface area (Å²) in [6, 6.07) is 94.8. The maximum absolute atomic E-state index is 4.80. The Labute approximate surface area is 453 Å². The van der Waals surface area contributed by atoms with Crippen LogP contribution in [0.2, 0.25) is 0 Å². The van der Waals surface area contributed by atoms with Crippen molar-refractivity contribution in [1.29, 1.82) is 0 Å². The Morgan fingerprint density at radius 3 is 0.987 bits per heavy atom. The van der Waals surface area contributed by atoms with Crippen LogP contribution in [0.1, 0.15) is 11.1 Å². The van der Waals surface area contributed by atoms with E-state index in [1.54, 1.807) is 0 Å². The molecule has 0 unspecified atom stereocenters. The van der Waals surface area contributed by atoms with Gasteiger partial charge in [-0.15, -0.1) is 89.5 Å². The summed E-state index contributed by atoms with van der Waals surface area (Å²) in [6.45, 7) is 4.11. The SMILES string of the molecule is Cc1ccc(-c2[c-]cc(-c3ccccc3-c3cc(-c4ccccc4-c4c[c-]c(-c5ccc(C)cn5)cc4)cc(-c4ccccc4-c4c[c-]c(-c5cc(-c6ccc(-c7ccccc7)cc6)ccn5)cc4)c3)cc2)nc1.[Ir+3]. The van der Waals surface area contributed by atoms with Crippen LogP contribution < -0.4 is 0 Å². The van der Waals surface area contributed by atoms with E-state index in [0.717, 1.165) is 123 Å². The molecule has 3 nitrogen and oxygen atoms in total. The molecule has 0 aliphatic heterocycles. The molecule has 12 aromatic rings. The molecule has 4 heteroatoms. The molecule has 0 radical (unpaired) electrons. The molecule has 0 aliphatic rings. The van der Waals surface area contributed by atoms with Crippen molar-refractivity contribution in [1.82, 2.24) is 15.0 Å². The van der Waals surface area contributed by atoms with Crippen molar-refractivity contribution in [3.05, 3.63) is 285 Å². The van der Waals surface area contributed by atoms with E-state index >= 15 is 0 Å². The van der Waals surface area contributed by atoms with Gasteiger partial charge in [0.1, 0.15) is 0 Å². The molecule has 0 amide bonds. The van der Waals surface area contributed by atoms with Crippen LogP contribution in [0.4, 0.5) is 0 Å². The van der Waals surface area contributed by atoms with Gasteiger partial charge in [-0.2, -0.15) is 0 Å². The molecule has 9 aromatic carbocycles. The molecule has 0 saturated heterocycles. The standard InChI is InChI=1S/C71H48N3.Ir/c1-48-20-38-69(73-46-48)56-32-26-53(27-33-56)63-14-6-9-17-66(63)60-42-61(67-18-10-7-15-64(67)54-28-34-57(35-29-54)70-39-21-49(2)47-74-70)44-62(43-60)68-19-11-8-16-65(68)55-30-36-58(37-31-55)71-45-59(40-41-72-71)52-24-22-51(23-25-52)50-12-4-3-5-13-50;/h3-32,34,36,38-47H,1-2H3;/q-3;+3. The minimum Gasteiger partial charge on any atom is -0.305 e. The molecule has 0 bridgehead atoms. The first kappa shape index (κ1) is 48.4. The second-order valence-electron chi connectivity index (χ2n) is 18.7. The van der Waals surface area contributed by atoms with E-state index in [0.29, 0.717) is 0 Å². The van der Waals surface area contributed by atoms with E-state index in [-0.39, 0.29) is 20.1 Å². The first-order valence-electron chi connectivity index (χ1n) is 25.0. The van der Waals surface area contributed by atoms with Gasteiger partial charge in [0.25, 0.3) is 0 Å². The number of aromatic nitrogens is 3. The van der Waals surface area contributed by atoms with Gasteiger partial charge in [-0.25, -0.2) is 0 Å². The van der Waals surface area contributed by atoms with Crippen LogP contribution in [0.15, 0.2) is 255 Å². The van der Waals surface area contributed by atoms with Crippen molar-refractivity contribution >= 4 is 0 Å². The second-order valence-corrected chi connectivity index (χ2v) is 18.7. The van der Waals surface area contributed by atoms with Crippen LogP contribution in [0.25, 0.3) is 123 Å². The van der Waals surface area contributed by atoms with E-state index in [4.69, 9.17) is 4.98 Å². The zero-order valence-corrected chi connectivity index (χ0v) is 43.8. The van der Waals surface area contributed by atoms with Gasteiger partial charge in [-0.05, 0) is 122 Å². The predicted molar refractivity (Wildman–Crippen MR) is 306 cm³/mol. The third kappa shape index (κ3) is 10.4. The molecule has 0 atom stereocenters. The first-order chi connectivity index (χ1) is 36.5. The Morgan fingerprint density at radius 2 is 0.613 bits per heavy atom. The van der Waals surface area contributed by atoms with Crippen molar-refractivity contribution in [2.45, 2.75) is 13.8 Å². The normalized spacial score (nSPS) is 11.0. The summed E-state index contributed by atoms with van der Waals surface area (Å²) in [6.07, 6.45) is 5.70. The fourth-order valence-corrected chi connectivity index (χ4v) is 9.81. The van der Waals surface area contributed by atoms with E-state index in [9.17, 15) is 0 Å². The van der Waals surface area contributed by atoms with Crippen LogP contribution in [0.3, 0.4) is 0 Å². The molecule has 0 N–H and O–H groups in total. The summed E-state index contributed by atoms with van der Waals surface area (Å²) < 4.78 is 0. The van der Waals surface area contributed by atoms with E-state index in [1.807, 2.05) is 24.7 Å². The van der Waals surface area contributed by atoms with Gasteiger partial charge in [0.05, 0.1) is 0 Å². The molecule has 12 rings (SSSR count). The number of hydrogen-bond donors (Lipinski definition) is 0. The van der Waals surface area contributed by atoms with Crippen LogP contribution in [-0.4, -0.2) is 15.0 Å². The molecule has 0 fully saturated rings. The molecule has 0 spiro atoms. The van der Waals surface area contributed by atoms with Crippen molar-refractivity contribution in [2.24, 2.45) is 0 Å². The smallest absolute Gasteiger partial charge is 0.305 e. The van der Waals surface area contributed by atoms with E-state index in [1.165, 1.54) is 11.1 Å². The van der Waals surface area contributed by atoms with Crippen molar-refractivity contribution in [3.8, 4) is 123 Å². The Bertz CT molecular complexity index is 3750. The number of aryl methyl sites for hydroxylation is 2. The van der Waals surface area contributed by atoms with Crippen molar-refractivity contribution in [2.75, 3.05) is 0 Å². The fraction of sp³-hybridized carbons (Fsp3) is 0.0282. The summed E-state index contributed by atoms with van der Waals surface area (Å²) in [5.74, 6) is 0. The van der Waals surface area contributed by atoms with Gasteiger partial charge >= 0.3 is 20.1 Å². The molecule has 3 aromatic heterocycles. The van der Waals surface area contributed by atoms with Crippen molar-refractivity contribution in [3.63, 3.8) is 0 Å². The van der Waals surface area contributed by atoms with Gasteiger partial charge in [0, 0.05) is 18.6 Å². The monoisotopic (exact) mass is 1140 g/mol. The van der Waals surface area contributed by atoms with Gasteiger partial charge in [-0.1, -0.05) is 191 Å². The number of nitrogens with zero attached hydrogens (tertiary/aromatic N) is 3. The fourth-order valence-electron chi connectivity index (χ4n) is 9.81. The molecular formula is C71H48IrN3. The third-order valence-corrected chi connectivity index (χ3v) is 13.8. The Hall–Kier alpha value is -8.92. The van der Waals surface area contributed by atoms with Gasteiger partial charge in [0.15, 0.2) is 0 Å². The number of hydrogen-bond acceptors (Lipinski definition) is 3. The summed E-state index contributed by atoms with van der Waals surface area (Å²) in [4.78, 5) is 14.1. The van der Waals surface area contributed by atoms with Crippen molar-refractivity contribution < 1.29 is 20.1 Å². The topological polar surface area (TPSA) is 38.7 Å². The Kier molecular flexibility index (Phi) is 14.0. The summed E-state index contributed by atoms with van der Waals surface area (Å²) in [5, 5.41) is 0. The Balaban J connectivity index is 0.00000602. The van der Waals surface area contributed by atoms with Crippen LogP contribution >= 0.6 is 0 Å². The maximum atomic E-state index is 4.80. The van der Waals surface area contributed by atoms with Gasteiger partial charge < -0.3 is 15.0 Å². The summed E-state index contributed by atoms with van der Waals surface area (Å²) >= 11 is 0. The first-order valence-corrected chi connectivity index (χ1v) is 25.0. The van der Waals surface area contributed by atoms with Gasteiger partial charge in [-0.3, -0.25) is 0 Å². The number of pyridine rings is 3. The largest absolute Gasteiger partial charge is 3.00 e. The molecule has 356 valence electrons. The molecule has 0 saturated carbocycles. The minimum absolute atomic E-state index is 0. The van der Waals surface area contributed by atoms with Crippen LogP contribution in [0, 0.1) is 32.0 Å². The van der Waals surface area contributed by atoms with E-state index in [2.05, 4.69) is 273 Å². The Morgan fingerprint density at radius 1 is 0.267 bits per heavy atom. The maximum Gasteiger partial charge on any atom is 3.00 e. The van der Waals surface area contributed by atoms with E-state index < -0.39 is 0 Å². The van der Waals surface area contributed by atoms with Crippen LogP contribution in [0.5, 0.6) is 0 Å². The van der Waals surface area contributed by atoms with Crippen LogP contribution in [-0.2, 0) is 20.1 Å². The zero-order chi connectivity index (χ0) is 49.8. The summed E-state index contributed by atoms with van der Waals surface area (Å²) in [5.41, 5.74) is 25.8. The average molecular weight is 1140 g/mol. The molecule has 0 aliphatic carbocycles. The third-order valence-electron chi connectivity index (χ3n) is 13.8. The quantitative estimate of drug-likeness (QED) is 0.121. The zero-order valence-electron chi connectivity index (χ0n) is 41.4. The summed E-state index contributed by atoms with van der Waals surface area (Å²) in [7, 11) is 0. The second kappa shape index (κ2) is 21.7. The predicted octanol–water partition coefficient (Wildman–Crippen LogP) is 18.2. The minimum atomic E-state index is 0. The number of rotatable bonds is 11. The molecular weight excluding hydrogens is 1090 g/mol. The molecule has 3 heterocycles. The van der Waals surface area contributed by atoms with Gasteiger partial charge in [0.2, 0.25) is 0 Å².